The van der Waals surface area contributed by atoms with E-state index in [4.69, 9.17) is 15.2 Å². The molecule has 1 aromatic rings. The number of ether oxygens (including phenoxy) is 2. The van der Waals surface area contributed by atoms with Crippen LogP contribution in [0.3, 0.4) is 0 Å². The van der Waals surface area contributed by atoms with E-state index in [2.05, 4.69) is 19.2 Å². The molecule has 1 amide bonds. The van der Waals surface area contributed by atoms with Crippen LogP contribution in [0, 0.1) is 0 Å². The van der Waals surface area contributed by atoms with Crippen LogP contribution in [0.1, 0.15) is 32.8 Å². The predicted octanol–water partition coefficient (Wildman–Crippen LogP) is 1.84. The normalized spacial score (nSPS) is 12.2. The lowest BCUT2D eigenvalue weighted by Gasteiger charge is -2.18. The van der Waals surface area contributed by atoms with Crippen molar-refractivity contribution < 1.29 is 14.3 Å². The molecule has 1 aromatic carbocycles. The third-order valence-electron chi connectivity index (χ3n) is 2.93. The van der Waals surface area contributed by atoms with Crippen LogP contribution < -0.4 is 20.5 Å². The topological polar surface area (TPSA) is 73.6 Å². The summed E-state index contributed by atoms with van der Waals surface area (Å²) in [5.41, 5.74) is 6.26. The van der Waals surface area contributed by atoms with Gasteiger partial charge in [-0.1, -0.05) is 20.8 Å². The Kier molecular flexibility index (Phi) is 6.31. The van der Waals surface area contributed by atoms with Crippen LogP contribution in [0.25, 0.3) is 0 Å². The van der Waals surface area contributed by atoms with E-state index in [0.717, 1.165) is 11.3 Å². The standard InChI is InChI=1S/C15H24N2O3/c1-5-13(15(16)18)20-14-7-6-12(19-4)8-11(14)9-17-10(2)3/h6-8,10,13,17H,5,9H2,1-4H3,(H2,16,18). The molecule has 5 heteroatoms. The van der Waals surface area contributed by atoms with Gasteiger partial charge in [0.15, 0.2) is 6.10 Å². The fraction of sp³-hybridized carbons (Fsp3) is 0.533. The zero-order valence-corrected chi connectivity index (χ0v) is 12.6. The van der Waals surface area contributed by atoms with E-state index in [1.165, 1.54) is 0 Å². The lowest BCUT2D eigenvalue weighted by molar-refractivity contribution is -0.124. The molecule has 0 bridgehead atoms. The molecule has 1 atom stereocenters. The highest BCUT2D eigenvalue weighted by molar-refractivity contribution is 5.79. The first kappa shape index (κ1) is 16.3. The summed E-state index contributed by atoms with van der Waals surface area (Å²) >= 11 is 0. The number of nitrogens with one attached hydrogen (secondary N) is 1. The SMILES string of the molecule is CCC(Oc1ccc(OC)cc1CNC(C)C)C(N)=O. The number of hydrogen-bond acceptors (Lipinski definition) is 4. The van der Waals surface area contributed by atoms with Gasteiger partial charge >= 0.3 is 0 Å². The Hall–Kier alpha value is -1.75. The first-order chi connectivity index (χ1) is 9.47. The summed E-state index contributed by atoms with van der Waals surface area (Å²) in [6, 6.07) is 5.87. The molecular formula is C15H24N2O3. The van der Waals surface area contributed by atoms with Gasteiger partial charge in [-0.3, -0.25) is 4.79 Å². The number of nitrogens with two attached hydrogens (primary N) is 1. The third kappa shape index (κ3) is 4.74. The molecule has 0 spiro atoms. The van der Waals surface area contributed by atoms with Crippen molar-refractivity contribution in [3.05, 3.63) is 23.8 Å². The summed E-state index contributed by atoms with van der Waals surface area (Å²) < 4.78 is 10.9. The summed E-state index contributed by atoms with van der Waals surface area (Å²) in [4.78, 5) is 11.3. The number of rotatable bonds is 8. The highest BCUT2D eigenvalue weighted by Gasteiger charge is 2.17. The lowest BCUT2D eigenvalue weighted by Crippen LogP contribution is -2.33. The Bertz CT molecular complexity index is 447. The minimum Gasteiger partial charge on any atom is -0.497 e. The number of carbonyl (C=O) groups is 1. The van der Waals surface area contributed by atoms with Gasteiger partial charge in [-0.2, -0.15) is 0 Å². The molecule has 0 saturated heterocycles. The first-order valence-electron chi connectivity index (χ1n) is 6.84. The van der Waals surface area contributed by atoms with Crippen LogP contribution in [0.15, 0.2) is 18.2 Å². The molecule has 0 aliphatic heterocycles. The van der Waals surface area contributed by atoms with Crippen molar-refractivity contribution in [2.24, 2.45) is 5.73 Å². The molecule has 20 heavy (non-hydrogen) atoms. The number of primary amides is 1. The van der Waals surface area contributed by atoms with Gasteiger partial charge in [-0.25, -0.2) is 0 Å². The van der Waals surface area contributed by atoms with E-state index in [0.29, 0.717) is 24.8 Å². The molecule has 112 valence electrons. The lowest BCUT2D eigenvalue weighted by atomic mass is 10.1. The van der Waals surface area contributed by atoms with E-state index >= 15 is 0 Å². The average molecular weight is 280 g/mol. The second-order valence-electron chi connectivity index (χ2n) is 4.93. The van der Waals surface area contributed by atoms with Crippen molar-refractivity contribution in [2.75, 3.05) is 7.11 Å². The quantitative estimate of drug-likeness (QED) is 0.762. The molecule has 0 aliphatic carbocycles. The Morgan fingerprint density at radius 2 is 2.10 bits per heavy atom. The molecule has 1 rings (SSSR count). The average Bonchev–Trinajstić information content (AvgIpc) is 2.42. The summed E-state index contributed by atoms with van der Waals surface area (Å²) in [7, 11) is 1.62. The van der Waals surface area contributed by atoms with Crippen molar-refractivity contribution in [3.63, 3.8) is 0 Å². The second-order valence-corrected chi connectivity index (χ2v) is 4.93. The zero-order valence-electron chi connectivity index (χ0n) is 12.6. The van der Waals surface area contributed by atoms with Crippen LogP contribution >= 0.6 is 0 Å². The van der Waals surface area contributed by atoms with Gasteiger partial charge in [0.1, 0.15) is 11.5 Å². The van der Waals surface area contributed by atoms with Crippen LogP contribution in [-0.2, 0) is 11.3 Å². The summed E-state index contributed by atoms with van der Waals surface area (Å²) in [5, 5.41) is 3.32. The van der Waals surface area contributed by atoms with Crippen molar-refractivity contribution in [2.45, 2.75) is 45.9 Å². The molecule has 5 nitrogen and oxygen atoms in total. The Morgan fingerprint density at radius 3 is 2.60 bits per heavy atom. The van der Waals surface area contributed by atoms with Crippen LogP contribution in [0.2, 0.25) is 0 Å². The minimum absolute atomic E-state index is 0.354. The van der Waals surface area contributed by atoms with Crippen molar-refractivity contribution >= 4 is 5.91 Å². The Balaban J connectivity index is 2.94. The fourth-order valence-electron chi connectivity index (χ4n) is 1.75. The van der Waals surface area contributed by atoms with E-state index in [-0.39, 0.29) is 0 Å². The first-order valence-corrected chi connectivity index (χ1v) is 6.84. The molecule has 0 heterocycles. The van der Waals surface area contributed by atoms with Gasteiger partial charge in [0.2, 0.25) is 0 Å². The number of carbonyl (C=O) groups excluding carboxylic acids is 1. The molecule has 1 unspecified atom stereocenters. The predicted molar refractivity (Wildman–Crippen MR) is 78.9 cm³/mol. The van der Waals surface area contributed by atoms with E-state index in [9.17, 15) is 4.79 Å². The third-order valence-corrected chi connectivity index (χ3v) is 2.93. The highest BCUT2D eigenvalue weighted by Crippen LogP contribution is 2.25. The van der Waals surface area contributed by atoms with E-state index in [1.54, 1.807) is 7.11 Å². The zero-order chi connectivity index (χ0) is 15.1. The number of hydrogen-bond donors (Lipinski definition) is 2. The van der Waals surface area contributed by atoms with E-state index in [1.807, 2.05) is 25.1 Å². The van der Waals surface area contributed by atoms with Crippen LogP contribution in [-0.4, -0.2) is 25.2 Å². The van der Waals surface area contributed by atoms with E-state index < -0.39 is 12.0 Å². The highest BCUT2D eigenvalue weighted by atomic mass is 16.5. The number of methoxy groups -OCH3 is 1. The smallest absolute Gasteiger partial charge is 0.258 e. The molecule has 0 radical (unpaired) electrons. The number of benzene rings is 1. The molecule has 0 fully saturated rings. The molecule has 0 aliphatic rings. The second kappa shape index (κ2) is 7.75. The van der Waals surface area contributed by atoms with Crippen molar-refractivity contribution in [1.82, 2.24) is 5.32 Å². The minimum atomic E-state index is -0.610. The van der Waals surface area contributed by atoms with Gasteiger partial charge in [0.05, 0.1) is 7.11 Å². The molecule has 0 saturated carbocycles. The van der Waals surface area contributed by atoms with Gasteiger partial charge < -0.3 is 20.5 Å². The van der Waals surface area contributed by atoms with Gasteiger partial charge in [-0.15, -0.1) is 0 Å². The van der Waals surface area contributed by atoms with Gasteiger partial charge in [0.25, 0.3) is 5.91 Å². The molecular weight excluding hydrogens is 256 g/mol. The number of amides is 1. The van der Waals surface area contributed by atoms with Crippen LogP contribution in [0.5, 0.6) is 11.5 Å². The van der Waals surface area contributed by atoms with Gasteiger partial charge in [-0.05, 0) is 24.6 Å². The van der Waals surface area contributed by atoms with Crippen LogP contribution in [0.4, 0.5) is 0 Å². The summed E-state index contributed by atoms with van der Waals surface area (Å²) in [5.74, 6) is 0.959. The van der Waals surface area contributed by atoms with Gasteiger partial charge in [0, 0.05) is 18.2 Å². The van der Waals surface area contributed by atoms with Crippen molar-refractivity contribution in [3.8, 4) is 11.5 Å². The van der Waals surface area contributed by atoms with Crippen molar-refractivity contribution in [1.29, 1.82) is 0 Å². The maximum absolute atomic E-state index is 11.3. The Morgan fingerprint density at radius 1 is 1.40 bits per heavy atom. The largest absolute Gasteiger partial charge is 0.497 e. The summed E-state index contributed by atoms with van der Waals surface area (Å²) in [6.07, 6.45) is -0.0699. The molecule has 3 N–H and O–H groups in total. The fourth-order valence-corrected chi connectivity index (χ4v) is 1.75. The summed E-state index contributed by atoms with van der Waals surface area (Å²) in [6.45, 7) is 6.64. The molecule has 0 aromatic heterocycles. The maximum atomic E-state index is 11.3. The Labute approximate surface area is 120 Å². The maximum Gasteiger partial charge on any atom is 0.258 e. The monoisotopic (exact) mass is 280 g/mol.